The van der Waals surface area contributed by atoms with E-state index >= 15 is 0 Å². The molecule has 0 aromatic heterocycles. The van der Waals surface area contributed by atoms with E-state index in [-0.39, 0.29) is 0 Å². The number of hydrogen-bond acceptors (Lipinski definition) is 1. The van der Waals surface area contributed by atoms with Crippen LogP contribution in [0.15, 0.2) is 42.2 Å². The number of ether oxygens (including phenoxy) is 1. The highest BCUT2D eigenvalue weighted by Crippen LogP contribution is 2.17. The molecule has 18 heavy (non-hydrogen) atoms. The zero-order valence-electron chi connectivity index (χ0n) is 12.0. The van der Waals surface area contributed by atoms with E-state index in [1.807, 2.05) is 12.3 Å². The maximum Gasteiger partial charge on any atom is 0.0913 e. The molecule has 100 valence electrons. The summed E-state index contributed by atoms with van der Waals surface area (Å²) in [6.45, 7) is 7.52. The van der Waals surface area contributed by atoms with Crippen LogP contribution in [-0.4, -0.2) is 6.61 Å². The molecule has 0 heterocycles. The standard InChI is InChI=1S/C17H26O/c1-4-15(3)13-16(5-2)14-18-12-11-17-9-7-6-8-10-17/h6-10,14-15H,4-5,11-13H2,1-3H3/b16-14+. The minimum absolute atomic E-state index is 0.758. The lowest BCUT2D eigenvalue weighted by Gasteiger charge is -2.11. The van der Waals surface area contributed by atoms with Gasteiger partial charge in [0.25, 0.3) is 0 Å². The Morgan fingerprint density at radius 1 is 1.22 bits per heavy atom. The quantitative estimate of drug-likeness (QED) is 0.464. The van der Waals surface area contributed by atoms with Gasteiger partial charge in [-0.1, -0.05) is 57.5 Å². The highest BCUT2D eigenvalue weighted by atomic mass is 16.5. The van der Waals surface area contributed by atoms with Crippen molar-refractivity contribution in [3.63, 3.8) is 0 Å². The summed E-state index contributed by atoms with van der Waals surface area (Å²) in [6.07, 6.45) is 6.46. The van der Waals surface area contributed by atoms with Gasteiger partial charge in [0.1, 0.15) is 0 Å². The van der Waals surface area contributed by atoms with Crippen LogP contribution in [0.4, 0.5) is 0 Å². The second-order valence-electron chi connectivity index (χ2n) is 4.95. The Balaban J connectivity index is 2.29. The fourth-order valence-electron chi connectivity index (χ4n) is 1.87. The van der Waals surface area contributed by atoms with Gasteiger partial charge >= 0.3 is 0 Å². The average molecular weight is 246 g/mol. The molecule has 0 aliphatic rings. The zero-order chi connectivity index (χ0) is 13.2. The predicted octanol–water partition coefficient (Wildman–Crippen LogP) is 4.98. The van der Waals surface area contributed by atoms with E-state index in [0.29, 0.717) is 0 Å². The van der Waals surface area contributed by atoms with E-state index < -0.39 is 0 Å². The van der Waals surface area contributed by atoms with Crippen LogP contribution >= 0.6 is 0 Å². The summed E-state index contributed by atoms with van der Waals surface area (Å²) in [4.78, 5) is 0. The summed E-state index contributed by atoms with van der Waals surface area (Å²) in [7, 11) is 0. The first kappa shape index (κ1) is 14.8. The molecule has 0 saturated carbocycles. The van der Waals surface area contributed by atoms with E-state index in [4.69, 9.17) is 4.74 Å². The molecule has 1 heteroatoms. The summed E-state index contributed by atoms with van der Waals surface area (Å²) in [5, 5.41) is 0. The molecule has 1 aromatic carbocycles. The Labute approximate surface area is 112 Å². The molecule has 1 atom stereocenters. The molecule has 1 rings (SSSR count). The van der Waals surface area contributed by atoms with E-state index in [1.54, 1.807) is 0 Å². The molecule has 0 radical (unpaired) electrons. The fourth-order valence-corrected chi connectivity index (χ4v) is 1.87. The summed E-state index contributed by atoms with van der Waals surface area (Å²) in [5.74, 6) is 0.758. The minimum Gasteiger partial charge on any atom is -0.501 e. The monoisotopic (exact) mass is 246 g/mol. The van der Waals surface area contributed by atoms with E-state index in [9.17, 15) is 0 Å². The predicted molar refractivity (Wildman–Crippen MR) is 78.5 cm³/mol. The Morgan fingerprint density at radius 2 is 1.94 bits per heavy atom. The van der Waals surface area contributed by atoms with Crippen LogP contribution in [0, 0.1) is 5.92 Å². The van der Waals surface area contributed by atoms with Crippen molar-refractivity contribution in [1.29, 1.82) is 0 Å². The number of allylic oxidation sites excluding steroid dienone is 1. The maximum absolute atomic E-state index is 5.67. The van der Waals surface area contributed by atoms with Gasteiger partial charge in [0.05, 0.1) is 12.9 Å². The van der Waals surface area contributed by atoms with Crippen molar-refractivity contribution in [1.82, 2.24) is 0 Å². The van der Waals surface area contributed by atoms with Crippen molar-refractivity contribution in [2.24, 2.45) is 5.92 Å². The smallest absolute Gasteiger partial charge is 0.0913 e. The van der Waals surface area contributed by atoms with E-state index in [0.717, 1.165) is 25.4 Å². The number of benzene rings is 1. The summed E-state index contributed by atoms with van der Waals surface area (Å²) in [5.41, 5.74) is 2.77. The van der Waals surface area contributed by atoms with Gasteiger partial charge in [-0.05, 0) is 29.9 Å². The Kier molecular flexibility index (Phi) is 7.24. The van der Waals surface area contributed by atoms with Crippen LogP contribution in [0.2, 0.25) is 0 Å². The van der Waals surface area contributed by atoms with E-state index in [2.05, 4.69) is 45.0 Å². The van der Waals surface area contributed by atoms with Gasteiger partial charge in [0.15, 0.2) is 0 Å². The van der Waals surface area contributed by atoms with Gasteiger partial charge in [-0.3, -0.25) is 0 Å². The molecule has 0 aliphatic carbocycles. The SMILES string of the molecule is CC/C(=C\OCCc1ccccc1)CC(C)CC. The average Bonchev–Trinajstić information content (AvgIpc) is 2.43. The first-order chi connectivity index (χ1) is 8.76. The Morgan fingerprint density at radius 3 is 2.56 bits per heavy atom. The van der Waals surface area contributed by atoms with Crippen LogP contribution in [0.3, 0.4) is 0 Å². The third-order valence-corrected chi connectivity index (χ3v) is 3.36. The highest BCUT2D eigenvalue weighted by Gasteiger charge is 2.02. The zero-order valence-corrected chi connectivity index (χ0v) is 12.0. The summed E-state index contributed by atoms with van der Waals surface area (Å²) >= 11 is 0. The Bertz CT molecular complexity index is 340. The molecule has 0 saturated heterocycles. The number of hydrogen-bond donors (Lipinski definition) is 0. The van der Waals surface area contributed by atoms with Crippen LogP contribution < -0.4 is 0 Å². The fraction of sp³-hybridized carbons (Fsp3) is 0.529. The molecule has 1 unspecified atom stereocenters. The molecule has 1 nitrogen and oxygen atoms in total. The summed E-state index contributed by atoms with van der Waals surface area (Å²) in [6, 6.07) is 10.5. The van der Waals surface area contributed by atoms with Crippen molar-refractivity contribution in [3.05, 3.63) is 47.7 Å². The van der Waals surface area contributed by atoms with Crippen LogP contribution in [0.5, 0.6) is 0 Å². The molecular formula is C17H26O. The lowest BCUT2D eigenvalue weighted by molar-refractivity contribution is 0.248. The largest absolute Gasteiger partial charge is 0.501 e. The molecule has 0 bridgehead atoms. The van der Waals surface area contributed by atoms with Crippen molar-refractivity contribution < 1.29 is 4.74 Å². The number of rotatable bonds is 8. The third-order valence-electron chi connectivity index (χ3n) is 3.36. The van der Waals surface area contributed by atoms with Crippen LogP contribution in [0.25, 0.3) is 0 Å². The first-order valence-corrected chi connectivity index (χ1v) is 7.09. The first-order valence-electron chi connectivity index (χ1n) is 7.09. The van der Waals surface area contributed by atoms with Gasteiger partial charge in [-0.15, -0.1) is 0 Å². The van der Waals surface area contributed by atoms with Crippen molar-refractivity contribution >= 4 is 0 Å². The van der Waals surface area contributed by atoms with Gasteiger partial charge in [-0.25, -0.2) is 0 Å². The van der Waals surface area contributed by atoms with Crippen molar-refractivity contribution in [2.75, 3.05) is 6.61 Å². The minimum atomic E-state index is 0.758. The molecule has 0 aliphatic heterocycles. The molecule has 0 N–H and O–H groups in total. The van der Waals surface area contributed by atoms with Gasteiger partial charge < -0.3 is 4.74 Å². The van der Waals surface area contributed by atoms with Gasteiger partial charge in [-0.2, -0.15) is 0 Å². The second-order valence-corrected chi connectivity index (χ2v) is 4.95. The van der Waals surface area contributed by atoms with Crippen molar-refractivity contribution in [2.45, 2.75) is 46.5 Å². The summed E-state index contributed by atoms with van der Waals surface area (Å²) < 4.78 is 5.67. The molecule has 0 fully saturated rings. The molecule has 0 amide bonds. The maximum atomic E-state index is 5.67. The normalized spacial score (nSPS) is 13.4. The molecule has 0 spiro atoms. The highest BCUT2D eigenvalue weighted by molar-refractivity contribution is 5.14. The second kappa shape index (κ2) is 8.79. The van der Waals surface area contributed by atoms with Crippen LogP contribution in [0.1, 0.15) is 45.6 Å². The molecular weight excluding hydrogens is 220 g/mol. The van der Waals surface area contributed by atoms with Crippen molar-refractivity contribution in [3.8, 4) is 0 Å². The lowest BCUT2D eigenvalue weighted by Crippen LogP contribution is -1.98. The van der Waals surface area contributed by atoms with Gasteiger partial charge in [0, 0.05) is 6.42 Å². The Hall–Kier alpha value is -1.24. The third kappa shape index (κ3) is 5.90. The van der Waals surface area contributed by atoms with E-state index in [1.165, 1.54) is 24.0 Å². The topological polar surface area (TPSA) is 9.23 Å². The van der Waals surface area contributed by atoms with Gasteiger partial charge in [0.2, 0.25) is 0 Å². The molecule has 1 aromatic rings. The lowest BCUT2D eigenvalue weighted by atomic mass is 9.98. The van der Waals surface area contributed by atoms with Crippen LogP contribution in [-0.2, 0) is 11.2 Å².